The number of primary amides is 1. The number of ether oxygens (including phenoxy) is 1. The molecule has 7 N–H and O–H groups in total. The lowest BCUT2D eigenvalue weighted by Gasteiger charge is -2.20. The number of hydrogen-bond acceptors (Lipinski definition) is 7. The van der Waals surface area contributed by atoms with E-state index in [9.17, 15) is 28.8 Å². The normalized spacial score (nSPS) is 12.1. The van der Waals surface area contributed by atoms with Crippen LogP contribution in [0.1, 0.15) is 22.6 Å². The molecular formula is C32H34N6O7. The maximum Gasteiger partial charge on any atom is 0.407 e. The van der Waals surface area contributed by atoms with Gasteiger partial charge in [0.2, 0.25) is 29.5 Å². The number of carbonyl (C=O) groups excluding carboxylic acids is 6. The van der Waals surface area contributed by atoms with Crippen molar-refractivity contribution in [1.29, 1.82) is 0 Å². The van der Waals surface area contributed by atoms with Gasteiger partial charge in [-0.3, -0.25) is 24.0 Å². The second kappa shape index (κ2) is 15.7. The average molecular weight is 615 g/mol. The summed E-state index contributed by atoms with van der Waals surface area (Å²) in [5, 5.41) is 11.9. The summed E-state index contributed by atoms with van der Waals surface area (Å²) >= 11 is 0. The fourth-order valence-electron chi connectivity index (χ4n) is 4.86. The molecule has 1 aliphatic carbocycles. The van der Waals surface area contributed by atoms with E-state index in [1.807, 2.05) is 54.6 Å². The van der Waals surface area contributed by atoms with Gasteiger partial charge in [0.15, 0.2) is 0 Å². The molecule has 1 atom stereocenters. The number of rotatable bonds is 14. The molecule has 234 valence electrons. The number of carbonyl (C=O) groups is 6. The van der Waals surface area contributed by atoms with Crippen LogP contribution in [0.3, 0.4) is 0 Å². The lowest BCUT2D eigenvalue weighted by Crippen LogP contribution is -2.51. The number of nitrogens with two attached hydrogens (primary N) is 1. The third kappa shape index (κ3) is 9.38. The molecule has 0 bridgehead atoms. The molecule has 3 aromatic carbocycles. The largest absolute Gasteiger partial charge is 0.449 e. The molecule has 0 aromatic heterocycles. The summed E-state index contributed by atoms with van der Waals surface area (Å²) in [6.45, 7) is -1.64. The molecular weight excluding hydrogens is 580 g/mol. The highest BCUT2D eigenvalue weighted by atomic mass is 16.5. The third-order valence-electron chi connectivity index (χ3n) is 7.01. The zero-order valence-corrected chi connectivity index (χ0v) is 24.3. The molecule has 13 nitrogen and oxygen atoms in total. The van der Waals surface area contributed by atoms with Crippen molar-refractivity contribution in [3.05, 3.63) is 95.6 Å². The van der Waals surface area contributed by atoms with Gasteiger partial charge < -0.3 is 37.1 Å². The van der Waals surface area contributed by atoms with Crippen LogP contribution in [-0.4, -0.2) is 74.5 Å². The fourth-order valence-corrected chi connectivity index (χ4v) is 4.86. The van der Waals surface area contributed by atoms with Crippen molar-refractivity contribution in [3.8, 4) is 11.1 Å². The fraction of sp³-hybridized carbons (Fsp3) is 0.250. The summed E-state index contributed by atoms with van der Waals surface area (Å²) in [5.41, 5.74) is 9.98. The van der Waals surface area contributed by atoms with Gasteiger partial charge in [-0.15, -0.1) is 0 Å². The van der Waals surface area contributed by atoms with E-state index in [4.69, 9.17) is 10.5 Å². The minimum atomic E-state index is -1.06. The minimum absolute atomic E-state index is 0.0663. The second-order valence-electron chi connectivity index (χ2n) is 10.2. The molecule has 1 aliphatic rings. The van der Waals surface area contributed by atoms with Gasteiger partial charge in [0.05, 0.1) is 26.2 Å². The van der Waals surface area contributed by atoms with Crippen molar-refractivity contribution in [1.82, 2.24) is 26.6 Å². The first kappa shape index (κ1) is 32.2. The molecule has 0 aliphatic heterocycles. The molecule has 0 radical (unpaired) electrons. The van der Waals surface area contributed by atoms with Crippen molar-refractivity contribution >= 4 is 35.6 Å². The summed E-state index contributed by atoms with van der Waals surface area (Å²) in [6.07, 6.45) is -0.646. The number of fused-ring (bicyclic) bond motifs is 3. The summed E-state index contributed by atoms with van der Waals surface area (Å²) in [5.74, 6) is -3.48. The lowest BCUT2D eigenvalue weighted by atomic mass is 9.98. The number of alkyl carbamates (subject to hydrolysis) is 1. The van der Waals surface area contributed by atoms with Crippen LogP contribution in [0, 0.1) is 0 Å². The van der Waals surface area contributed by atoms with Gasteiger partial charge in [-0.25, -0.2) is 4.79 Å². The van der Waals surface area contributed by atoms with Crippen LogP contribution >= 0.6 is 0 Å². The molecule has 0 spiro atoms. The van der Waals surface area contributed by atoms with Gasteiger partial charge in [-0.05, 0) is 27.8 Å². The third-order valence-corrected chi connectivity index (χ3v) is 7.01. The molecule has 0 saturated carbocycles. The van der Waals surface area contributed by atoms with Gasteiger partial charge in [0, 0.05) is 12.3 Å². The summed E-state index contributed by atoms with van der Waals surface area (Å²) in [6, 6.07) is 23.9. The Bertz CT molecular complexity index is 1520. The molecule has 0 heterocycles. The van der Waals surface area contributed by atoms with Crippen LogP contribution in [0.2, 0.25) is 0 Å². The topological polar surface area (TPSA) is 198 Å². The highest BCUT2D eigenvalue weighted by Gasteiger charge is 2.30. The lowest BCUT2D eigenvalue weighted by molar-refractivity contribution is -0.129. The van der Waals surface area contributed by atoms with Crippen LogP contribution in [0.5, 0.6) is 0 Å². The minimum Gasteiger partial charge on any atom is -0.449 e. The predicted molar refractivity (Wildman–Crippen MR) is 163 cm³/mol. The molecule has 13 heteroatoms. The monoisotopic (exact) mass is 614 g/mol. The maximum absolute atomic E-state index is 13.1. The van der Waals surface area contributed by atoms with E-state index < -0.39 is 61.3 Å². The second-order valence-corrected chi connectivity index (χ2v) is 10.2. The molecule has 0 fully saturated rings. The van der Waals surface area contributed by atoms with E-state index in [1.54, 1.807) is 24.3 Å². The first-order valence-electron chi connectivity index (χ1n) is 14.2. The molecule has 0 saturated heterocycles. The number of amides is 6. The molecule has 3 aromatic rings. The van der Waals surface area contributed by atoms with Crippen LogP contribution in [-0.2, 0) is 35.1 Å². The van der Waals surface area contributed by atoms with Gasteiger partial charge >= 0.3 is 6.09 Å². The highest BCUT2D eigenvalue weighted by Crippen LogP contribution is 2.44. The number of nitrogens with one attached hydrogen (secondary N) is 5. The highest BCUT2D eigenvalue weighted by molar-refractivity contribution is 5.92. The molecule has 6 amide bonds. The van der Waals surface area contributed by atoms with Crippen molar-refractivity contribution in [3.63, 3.8) is 0 Å². The molecule has 0 unspecified atom stereocenters. The number of hydrogen-bond donors (Lipinski definition) is 6. The standard InChI is InChI=1S/C32H34N6O7/c33-27(39)15-34-28(40)16-35-29(41)17-36-30(42)18-37-31(43)26(14-20-8-2-1-3-9-20)38-32(44)45-19-25-23-12-6-4-10-21(23)22-11-5-7-13-24(22)25/h1-13,25-26H,14-19H2,(H2,33,39)(H,34,40)(H,35,41)(H,36,42)(H,37,43)(H,38,44)/t26-/m0/s1. The van der Waals surface area contributed by atoms with Crippen LogP contribution in [0.15, 0.2) is 78.9 Å². The van der Waals surface area contributed by atoms with Crippen molar-refractivity contribution in [2.45, 2.75) is 18.4 Å². The first-order valence-corrected chi connectivity index (χ1v) is 14.2. The maximum atomic E-state index is 13.1. The summed E-state index contributed by atoms with van der Waals surface area (Å²) < 4.78 is 5.61. The van der Waals surface area contributed by atoms with Crippen LogP contribution < -0.4 is 32.3 Å². The Morgan fingerprint density at radius 1 is 0.644 bits per heavy atom. The SMILES string of the molecule is NC(=O)CNC(=O)CNC(=O)CNC(=O)CNC(=O)[C@H](Cc1ccccc1)NC(=O)OCC1c2ccccc2-c2ccccc21. The summed E-state index contributed by atoms with van der Waals surface area (Å²) in [4.78, 5) is 72.4. The van der Waals surface area contributed by atoms with E-state index in [1.165, 1.54) is 0 Å². The predicted octanol–water partition coefficient (Wildman–Crippen LogP) is 0.0865. The van der Waals surface area contributed by atoms with E-state index in [0.29, 0.717) is 0 Å². The van der Waals surface area contributed by atoms with Crippen molar-refractivity contribution in [2.24, 2.45) is 5.73 Å². The van der Waals surface area contributed by atoms with E-state index in [2.05, 4.69) is 26.6 Å². The van der Waals surface area contributed by atoms with Crippen LogP contribution in [0.4, 0.5) is 4.79 Å². The Kier molecular flexibility index (Phi) is 11.2. The zero-order valence-electron chi connectivity index (χ0n) is 24.3. The Hall–Kier alpha value is -5.72. The first-order chi connectivity index (χ1) is 21.7. The van der Waals surface area contributed by atoms with Crippen LogP contribution in [0.25, 0.3) is 11.1 Å². The Balaban J connectivity index is 1.28. The molecule has 4 rings (SSSR count). The van der Waals surface area contributed by atoms with Crippen molar-refractivity contribution < 1.29 is 33.5 Å². The van der Waals surface area contributed by atoms with E-state index in [0.717, 1.165) is 27.8 Å². The van der Waals surface area contributed by atoms with Gasteiger partial charge in [0.25, 0.3) is 0 Å². The summed E-state index contributed by atoms with van der Waals surface area (Å²) in [7, 11) is 0. The van der Waals surface area contributed by atoms with E-state index >= 15 is 0 Å². The Morgan fingerprint density at radius 2 is 1.13 bits per heavy atom. The van der Waals surface area contributed by atoms with Gasteiger partial charge in [-0.1, -0.05) is 78.9 Å². The number of benzene rings is 3. The average Bonchev–Trinajstić information content (AvgIpc) is 3.37. The zero-order chi connectivity index (χ0) is 32.2. The Labute approximate surface area is 259 Å². The molecule has 45 heavy (non-hydrogen) atoms. The van der Waals surface area contributed by atoms with Crippen molar-refractivity contribution in [2.75, 3.05) is 32.8 Å². The Morgan fingerprint density at radius 3 is 1.69 bits per heavy atom. The van der Waals surface area contributed by atoms with Gasteiger partial charge in [-0.2, -0.15) is 0 Å². The van der Waals surface area contributed by atoms with Gasteiger partial charge in [0.1, 0.15) is 12.6 Å². The smallest absolute Gasteiger partial charge is 0.407 e. The quantitative estimate of drug-likeness (QED) is 0.148. The van der Waals surface area contributed by atoms with E-state index in [-0.39, 0.29) is 25.5 Å².